The molecule has 0 bridgehead atoms. The zero-order chi connectivity index (χ0) is 6.15. The highest BCUT2D eigenvalue weighted by Gasteiger charge is 2.30. The Bertz CT molecular complexity index is 109. The molecule has 0 radical (unpaired) electrons. The molecular weight excluding hydrogens is 96.1 g/mol. The molecule has 0 amide bonds. The van der Waals surface area contributed by atoms with E-state index in [0.717, 1.165) is 11.8 Å². The summed E-state index contributed by atoms with van der Waals surface area (Å²) in [7, 11) is 0. The summed E-state index contributed by atoms with van der Waals surface area (Å²) in [6, 6.07) is 0. The minimum Gasteiger partial charge on any atom is -0.0881 e. The van der Waals surface area contributed by atoms with Crippen molar-refractivity contribution in [2.75, 3.05) is 0 Å². The smallest absolute Gasteiger partial charge is 0.0143 e. The van der Waals surface area contributed by atoms with Crippen LogP contribution < -0.4 is 0 Å². The second-order valence-corrected chi connectivity index (χ2v) is 2.92. The lowest BCUT2D eigenvalue weighted by Gasteiger charge is -1.95. The van der Waals surface area contributed by atoms with Crippen LogP contribution in [0.2, 0.25) is 0 Å². The maximum absolute atomic E-state index is 2.29. The van der Waals surface area contributed by atoms with Crippen molar-refractivity contribution in [2.24, 2.45) is 11.8 Å². The molecule has 8 heavy (non-hydrogen) atoms. The lowest BCUT2D eigenvalue weighted by molar-refractivity contribution is 0.581. The van der Waals surface area contributed by atoms with E-state index < -0.39 is 0 Å². The zero-order valence-electron chi connectivity index (χ0n) is 5.94. The molecule has 0 aromatic rings. The monoisotopic (exact) mass is 110 g/mol. The third kappa shape index (κ3) is 0.936. The van der Waals surface area contributed by atoms with Crippen LogP contribution in [0, 0.1) is 11.8 Å². The fourth-order valence-corrected chi connectivity index (χ4v) is 1.19. The first-order valence-electron chi connectivity index (χ1n) is 3.40. The van der Waals surface area contributed by atoms with Crippen molar-refractivity contribution in [3.8, 4) is 0 Å². The fraction of sp³-hybridized carbons (Fsp3) is 0.750. The number of allylic oxidation sites excluding steroid dienone is 2. The number of rotatable bonds is 1. The molecule has 46 valence electrons. The van der Waals surface area contributed by atoms with Crippen LogP contribution in [-0.2, 0) is 0 Å². The van der Waals surface area contributed by atoms with Crippen LogP contribution in [-0.4, -0.2) is 0 Å². The molecule has 1 fully saturated rings. The van der Waals surface area contributed by atoms with Crippen LogP contribution in [0.5, 0.6) is 0 Å². The van der Waals surface area contributed by atoms with Gasteiger partial charge in [-0.1, -0.05) is 25.5 Å². The SMILES string of the molecule is CC=C1CC1C(C)C. The zero-order valence-corrected chi connectivity index (χ0v) is 5.94. The molecule has 1 aliphatic rings. The van der Waals surface area contributed by atoms with Gasteiger partial charge >= 0.3 is 0 Å². The quantitative estimate of drug-likeness (QED) is 0.455. The summed E-state index contributed by atoms with van der Waals surface area (Å²) < 4.78 is 0. The van der Waals surface area contributed by atoms with Crippen molar-refractivity contribution in [1.82, 2.24) is 0 Å². The molecule has 0 aliphatic heterocycles. The van der Waals surface area contributed by atoms with Gasteiger partial charge in [-0.2, -0.15) is 0 Å². The van der Waals surface area contributed by atoms with Crippen LogP contribution in [0.4, 0.5) is 0 Å². The molecule has 0 nitrogen and oxygen atoms in total. The van der Waals surface area contributed by atoms with Gasteiger partial charge in [-0.05, 0) is 25.2 Å². The molecule has 0 aromatic heterocycles. The highest BCUT2D eigenvalue weighted by molar-refractivity contribution is 5.22. The van der Waals surface area contributed by atoms with E-state index in [-0.39, 0.29) is 0 Å². The normalized spacial score (nSPS) is 32.0. The van der Waals surface area contributed by atoms with Crippen molar-refractivity contribution in [3.05, 3.63) is 11.6 Å². The van der Waals surface area contributed by atoms with Crippen molar-refractivity contribution < 1.29 is 0 Å². The molecule has 1 saturated carbocycles. The summed E-state index contributed by atoms with van der Waals surface area (Å²) >= 11 is 0. The van der Waals surface area contributed by atoms with Gasteiger partial charge in [0.25, 0.3) is 0 Å². The van der Waals surface area contributed by atoms with Crippen molar-refractivity contribution >= 4 is 0 Å². The number of hydrogen-bond acceptors (Lipinski definition) is 0. The van der Waals surface area contributed by atoms with E-state index in [0.29, 0.717) is 0 Å². The van der Waals surface area contributed by atoms with E-state index in [1.54, 1.807) is 5.57 Å². The molecule has 1 atom stereocenters. The Labute approximate surface area is 51.6 Å². The predicted octanol–water partition coefficient (Wildman–Crippen LogP) is 2.61. The first-order chi connectivity index (χ1) is 3.75. The molecule has 1 rings (SSSR count). The van der Waals surface area contributed by atoms with Gasteiger partial charge in [-0.15, -0.1) is 0 Å². The highest BCUT2D eigenvalue weighted by atomic mass is 14.4. The number of hydrogen-bond donors (Lipinski definition) is 0. The summed E-state index contributed by atoms with van der Waals surface area (Å²) in [5.41, 5.74) is 1.67. The third-order valence-corrected chi connectivity index (χ3v) is 1.95. The van der Waals surface area contributed by atoms with Crippen molar-refractivity contribution in [1.29, 1.82) is 0 Å². The first kappa shape index (κ1) is 5.87. The molecule has 1 aliphatic carbocycles. The minimum atomic E-state index is 0.876. The van der Waals surface area contributed by atoms with Crippen LogP contribution in [0.25, 0.3) is 0 Å². The van der Waals surface area contributed by atoms with Crippen LogP contribution >= 0.6 is 0 Å². The average Bonchev–Trinajstić information content (AvgIpc) is 2.42. The Morgan fingerprint density at radius 1 is 1.62 bits per heavy atom. The van der Waals surface area contributed by atoms with E-state index in [4.69, 9.17) is 0 Å². The molecule has 0 aromatic carbocycles. The Balaban J connectivity index is 2.37. The third-order valence-electron chi connectivity index (χ3n) is 1.95. The van der Waals surface area contributed by atoms with Gasteiger partial charge in [0.1, 0.15) is 0 Å². The Morgan fingerprint density at radius 2 is 2.25 bits per heavy atom. The lowest BCUT2D eigenvalue weighted by atomic mass is 10.1. The fourth-order valence-electron chi connectivity index (χ4n) is 1.19. The van der Waals surface area contributed by atoms with Gasteiger partial charge in [-0.25, -0.2) is 0 Å². The first-order valence-corrected chi connectivity index (χ1v) is 3.40. The Hall–Kier alpha value is -0.260. The molecule has 0 heterocycles. The molecule has 0 heteroatoms. The van der Waals surface area contributed by atoms with Gasteiger partial charge < -0.3 is 0 Å². The van der Waals surface area contributed by atoms with Crippen molar-refractivity contribution in [2.45, 2.75) is 27.2 Å². The van der Waals surface area contributed by atoms with E-state index in [1.165, 1.54) is 6.42 Å². The maximum atomic E-state index is 2.29. The predicted molar refractivity (Wildman–Crippen MR) is 36.7 cm³/mol. The molecular formula is C8H14. The summed E-state index contributed by atoms with van der Waals surface area (Å²) in [4.78, 5) is 0. The largest absolute Gasteiger partial charge is 0.0881 e. The topological polar surface area (TPSA) is 0 Å². The summed E-state index contributed by atoms with van der Waals surface area (Å²) in [6.45, 7) is 6.72. The molecule has 0 N–H and O–H groups in total. The van der Waals surface area contributed by atoms with Gasteiger partial charge in [0.05, 0.1) is 0 Å². The molecule has 0 saturated heterocycles. The van der Waals surface area contributed by atoms with Crippen LogP contribution in [0.15, 0.2) is 11.6 Å². The highest BCUT2D eigenvalue weighted by Crippen LogP contribution is 2.42. The van der Waals surface area contributed by atoms with Gasteiger partial charge in [0.2, 0.25) is 0 Å². The average molecular weight is 110 g/mol. The molecule has 0 spiro atoms. The van der Waals surface area contributed by atoms with Crippen molar-refractivity contribution in [3.63, 3.8) is 0 Å². The van der Waals surface area contributed by atoms with Crippen LogP contribution in [0.1, 0.15) is 27.2 Å². The van der Waals surface area contributed by atoms with E-state index in [1.807, 2.05) is 0 Å². The Morgan fingerprint density at radius 3 is 2.38 bits per heavy atom. The standard InChI is InChI=1S/C8H14/c1-4-7-5-8(7)6(2)3/h4,6,8H,5H2,1-3H3. The lowest BCUT2D eigenvalue weighted by Crippen LogP contribution is -1.86. The van der Waals surface area contributed by atoms with E-state index >= 15 is 0 Å². The summed E-state index contributed by atoms with van der Waals surface area (Å²) in [5.74, 6) is 1.82. The van der Waals surface area contributed by atoms with Gasteiger partial charge in [0, 0.05) is 0 Å². The van der Waals surface area contributed by atoms with Crippen LogP contribution in [0.3, 0.4) is 0 Å². The summed E-state index contributed by atoms with van der Waals surface area (Å²) in [5, 5.41) is 0. The maximum Gasteiger partial charge on any atom is -0.0143 e. The second kappa shape index (κ2) is 1.93. The molecule has 1 unspecified atom stereocenters. The summed E-state index contributed by atoms with van der Waals surface area (Å²) in [6.07, 6.45) is 3.62. The minimum absolute atomic E-state index is 0.876. The second-order valence-electron chi connectivity index (χ2n) is 2.92. The van der Waals surface area contributed by atoms with Gasteiger partial charge in [-0.3, -0.25) is 0 Å². The van der Waals surface area contributed by atoms with Gasteiger partial charge in [0.15, 0.2) is 0 Å². The Kier molecular flexibility index (Phi) is 1.41. The van der Waals surface area contributed by atoms with E-state index in [9.17, 15) is 0 Å². The van der Waals surface area contributed by atoms with E-state index in [2.05, 4.69) is 26.8 Å².